The molecule has 0 aromatic carbocycles. The van der Waals surface area contributed by atoms with E-state index in [9.17, 15) is 9.59 Å². The van der Waals surface area contributed by atoms with Crippen LogP contribution < -0.4 is 0 Å². The van der Waals surface area contributed by atoms with Crippen molar-refractivity contribution in [3.8, 4) is 0 Å². The molecule has 1 rings (SSSR count). The number of carbonyl (C=O) groups excluding carboxylic acids is 2. The molecule has 0 radical (unpaired) electrons. The van der Waals surface area contributed by atoms with E-state index in [4.69, 9.17) is 4.74 Å². The average Bonchev–Trinajstić information content (AvgIpc) is 2.36. The van der Waals surface area contributed by atoms with Crippen molar-refractivity contribution in [2.75, 3.05) is 6.54 Å². The molecule has 0 aromatic rings. The van der Waals surface area contributed by atoms with Crippen molar-refractivity contribution < 1.29 is 14.3 Å². The van der Waals surface area contributed by atoms with Crippen LogP contribution in [0.15, 0.2) is 10.2 Å². The highest BCUT2D eigenvalue weighted by molar-refractivity contribution is 6.08. The zero-order chi connectivity index (χ0) is 15.9. The summed E-state index contributed by atoms with van der Waals surface area (Å²) in [5.74, 6) is -0.326. The van der Waals surface area contributed by atoms with Crippen LogP contribution in [0.2, 0.25) is 0 Å². The Bertz CT molecular complexity index is 391. The summed E-state index contributed by atoms with van der Waals surface area (Å²) in [4.78, 5) is 25.0. The maximum absolute atomic E-state index is 12.5. The topological polar surface area (TPSA) is 68.1 Å². The summed E-state index contributed by atoms with van der Waals surface area (Å²) in [6, 6.07) is 0. The second kappa shape index (κ2) is 8.25. The first-order valence-electron chi connectivity index (χ1n) is 8.01. The Hall–Kier alpha value is -1.26. The van der Waals surface area contributed by atoms with Gasteiger partial charge in [-0.05, 0) is 39.0 Å². The fourth-order valence-corrected chi connectivity index (χ4v) is 2.37. The Morgan fingerprint density at radius 1 is 1.19 bits per heavy atom. The van der Waals surface area contributed by atoms with E-state index in [-0.39, 0.29) is 11.9 Å². The van der Waals surface area contributed by atoms with Gasteiger partial charge in [0.1, 0.15) is 0 Å². The van der Waals surface area contributed by atoms with Crippen molar-refractivity contribution in [2.24, 2.45) is 16.1 Å². The standard InChI is InChI=1S/C16H28N2O3/c1-12(2)11-17-18-16(15(20)21-13(3)4)10-8-6-5-7-9-14(16)19/h12-13H,5-11H2,1-4H3. The quantitative estimate of drug-likeness (QED) is 0.441. The van der Waals surface area contributed by atoms with Crippen LogP contribution in [0.3, 0.4) is 0 Å². The van der Waals surface area contributed by atoms with E-state index in [1.54, 1.807) is 13.8 Å². The van der Waals surface area contributed by atoms with E-state index in [1.807, 2.05) is 13.8 Å². The number of nitrogens with zero attached hydrogens (tertiary/aromatic N) is 2. The molecule has 1 aliphatic carbocycles. The molecular formula is C16H28N2O3. The zero-order valence-electron chi connectivity index (χ0n) is 13.7. The predicted molar refractivity (Wildman–Crippen MR) is 81.2 cm³/mol. The van der Waals surface area contributed by atoms with Crippen molar-refractivity contribution in [2.45, 2.75) is 77.9 Å². The molecular weight excluding hydrogens is 268 g/mol. The molecule has 21 heavy (non-hydrogen) atoms. The number of esters is 1. The number of Topliss-reactive ketones (excluding diaryl/α,β-unsaturated/α-hetero) is 1. The number of ketones is 1. The van der Waals surface area contributed by atoms with E-state index < -0.39 is 11.5 Å². The summed E-state index contributed by atoms with van der Waals surface area (Å²) in [5.41, 5.74) is -1.40. The highest BCUT2D eigenvalue weighted by Gasteiger charge is 2.47. The van der Waals surface area contributed by atoms with Crippen molar-refractivity contribution in [3.05, 3.63) is 0 Å². The first-order valence-corrected chi connectivity index (χ1v) is 8.01. The van der Waals surface area contributed by atoms with Crippen molar-refractivity contribution in [1.29, 1.82) is 0 Å². The Balaban J connectivity index is 3.02. The SMILES string of the molecule is CC(C)CN=NC1(C(=O)OC(C)C)CCCCCCC1=O. The Labute approximate surface area is 127 Å². The minimum atomic E-state index is -1.40. The third-order valence-corrected chi connectivity index (χ3v) is 3.52. The molecule has 1 unspecified atom stereocenters. The molecule has 0 amide bonds. The van der Waals surface area contributed by atoms with Gasteiger partial charge < -0.3 is 4.74 Å². The van der Waals surface area contributed by atoms with Crippen LogP contribution in [0.5, 0.6) is 0 Å². The van der Waals surface area contributed by atoms with Crippen LogP contribution in [0, 0.1) is 5.92 Å². The second-order valence-corrected chi connectivity index (χ2v) is 6.47. The van der Waals surface area contributed by atoms with Crippen LogP contribution in [0.4, 0.5) is 0 Å². The Morgan fingerprint density at radius 3 is 2.48 bits per heavy atom. The molecule has 1 saturated carbocycles. The van der Waals surface area contributed by atoms with Gasteiger partial charge in [0.05, 0.1) is 12.6 Å². The molecule has 1 aliphatic rings. The second-order valence-electron chi connectivity index (χ2n) is 6.47. The van der Waals surface area contributed by atoms with Gasteiger partial charge in [-0.15, -0.1) is 0 Å². The van der Waals surface area contributed by atoms with Crippen molar-refractivity contribution in [3.63, 3.8) is 0 Å². The van der Waals surface area contributed by atoms with Crippen LogP contribution in [-0.2, 0) is 14.3 Å². The third kappa shape index (κ3) is 5.21. The number of hydrogen-bond donors (Lipinski definition) is 0. The normalized spacial score (nSPS) is 24.4. The molecule has 0 bridgehead atoms. The maximum Gasteiger partial charge on any atom is 0.344 e. The zero-order valence-corrected chi connectivity index (χ0v) is 13.7. The largest absolute Gasteiger partial charge is 0.461 e. The van der Waals surface area contributed by atoms with Gasteiger partial charge in [0.2, 0.25) is 5.54 Å². The summed E-state index contributed by atoms with van der Waals surface area (Å²) in [6.07, 6.45) is 4.21. The van der Waals surface area contributed by atoms with E-state index in [0.29, 0.717) is 25.3 Å². The molecule has 1 fully saturated rings. The highest BCUT2D eigenvalue weighted by atomic mass is 16.5. The van der Waals surface area contributed by atoms with Crippen LogP contribution >= 0.6 is 0 Å². The van der Waals surface area contributed by atoms with Gasteiger partial charge in [-0.3, -0.25) is 4.79 Å². The van der Waals surface area contributed by atoms with Crippen LogP contribution in [0.1, 0.15) is 66.2 Å². The van der Waals surface area contributed by atoms with Gasteiger partial charge in [0.15, 0.2) is 5.78 Å². The lowest BCUT2D eigenvalue weighted by Crippen LogP contribution is -2.47. The lowest BCUT2D eigenvalue weighted by atomic mass is 9.83. The number of hydrogen-bond acceptors (Lipinski definition) is 5. The van der Waals surface area contributed by atoms with Crippen molar-refractivity contribution in [1.82, 2.24) is 0 Å². The van der Waals surface area contributed by atoms with Gasteiger partial charge in [-0.2, -0.15) is 10.2 Å². The molecule has 0 aliphatic heterocycles. The van der Waals surface area contributed by atoms with Gasteiger partial charge in [-0.25, -0.2) is 4.79 Å². The summed E-state index contributed by atoms with van der Waals surface area (Å²) >= 11 is 0. The molecule has 0 spiro atoms. The Kier molecular flexibility index (Phi) is 6.99. The van der Waals surface area contributed by atoms with Gasteiger partial charge in [-0.1, -0.05) is 26.7 Å². The first-order chi connectivity index (χ1) is 9.88. The molecule has 0 N–H and O–H groups in total. The lowest BCUT2D eigenvalue weighted by molar-refractivity contribution is -0.158. The van der Waals surface area contributed by atoms with Gasteiger partial charge in [0.25, 0.3) is 0 Å². The highest BCUT2D eigenvalue weighted by Crippen LogP contribution is 2.29. The summed E-state index contributed by atoms with van der Waals surface area (Å²) in [6.45, 7) is 8.13. The minimum absolute atomic E-state index is 0.139. The monoisotopic (exact) mass is 296 g/mol. The van der Waals surface area contributed by atoms with E-state index in [0.717, 1.165) is 25.7 Å². The van der Waals surface area contributed by atoms with Crippen LogP contribution in [-0.4, -0.2) is 29.9 Å². The molecule has 5 nitrogen and oxygen atoms in total. The number of azo groups is 1. The number of rotatable bonds is 5. The van der Waals surface area contributed by atoms with Crippen LogP contribution in [0.25, 0.3) is 0 Å². The first kappa shape index (κ1) is 17.8. The fourth-order valence-electron chi connectivity index (χ4n) is 2.37. The maximum atomic E-state index is 12.5. The predicted octanol–water partition coefficient (Wildman–Crippen LogP) is 3.71. The molecule has 0 heterocycles. The molecule has 5 heteroatoms. The molecule has 0 aromatic heterocycles. The minimum Gasteiger partial charge on any atom is -0.461 e. The number of ether oxygens (including phenoxy) is 1. The Morgan fingerprint density at radius 2 is 1.86 bits per heavy atom. The smallest absolute Gasteiger partial charge is 0.344 e. The molecule has 120 valence electrons. The van der Waals surface area contributed by atoms with Crippen molar-refractivity contribution >= 4 is 11.8 Å². The summed E-state index contributed by atoms with van der Waals surface area (Å²) < 4.78 is 5.30. The van der Waals surface area contributed by atoms with E-state index in [2.05, 4.69) is 10.2 Å². The molecule has 0 saturated heterocycles. The number of carbonyl (C=O) groups is 2. The lowest BCUT2D eigenvalue weighted by Gasteiger charge is -2.27. The summed E-state index contributed by atoms with van der Waals surface area (Å²) in [7, 11) is 0. The van der Waals surface area contributed by atoms with Gasteiger partial charge in [0, 0.05) is 6.42 Å². The van der Waals surface area contributed by atoms with E-state index in [1.165, 1.54) is 0 Å². The summed E-state index contributed by atoms with van der Waals surface area (Å²) in [5, 5.41) is 8.31. The third-order valence-electron chi connectivity index (χ3n) is 3.52. The van der Waals surface area contributed by atoms with E-state index >= 15 is 0 Å². The average molecular weight is 296 g/mol. The fraction of sp³-hybridized carbons (Fsp3) is 0.875. The molecule has 1 atom stereocenters. The van der Waals surface area contributed by atoms with Gasteiger partial charge >= 0.3 is 5.97 Å².